The van der Waals surface area contributed by atoms with Crippen LogP contribution in [0.4, 0.5) is 0 Å². The lowest BCUT2D eigenvalue weighted by atomic mass is 10.1. The van der Waals surface area contributed by atoms with Crippen LogP contribution in [0.15, 0.2) is 0 Å². The Bertz CT molecular complexity index is 501. The van der Waals surface area contributed by atoms with Crippen molar-refractivity contribution in [2.45, 2.75) is 43.5 Å². The zero-order valence-electron chi connectivity index (χ0n) is 13.8. The molecule has 0 spiro atoms. The van der Waals surface area contributed by atoms with Gasteiger partial charge in [-0.05, 0) is 6.42 Å². The SMILES string of the molecule is CC(CC=O)SC[C@H](NC(=O)CC[C@H](N)C(=O)O)C(=O)NCC(=O)O. The normalized spacial score (nSPS) is 14.0. The zero-order valence-corrected chi connectivity index (χ0v) is 14.6. The molecular formula is C14H23N3O7S. The van der Waals surface area contributed by atoms with E-state index < -0.39 is 42.4 Å². The number of amides is 2. The average Bonchev–Trinajstić information content (AvgIpc) is 2.54. The summed E-state index contributed by atoms with van der Waals surface area (Å²) in [6.45, 7) is 1.18. The molecule has 0 radical (unpaired) electrons. The lowest BCUT2D eigenvalue weighted by Gasteiger charge is -2.19. The van der Waals surface area contributed by atoms with Gasteiger partial charge < -0.3 is 31.4 Å². The summed E-state index contributed by atoms with van der Waals surface area (Å²) in [7, 11) is 0. The second kappa shape index (κ2) is 12.3. The van der Waals surface area contributed by atoms with Crippen LogP contribution in [0, 0.1) is 0 Å². The minimum absolute atomic E-state index is 0.0791. The van der Waals surface area contributed by atoms with Gasteiger partial charge in [0.15, 0.2) is 0 Å². The average molecular weight is 377 g/mol. The number of hydrogen-bond acceptors (Lipinski definition) is 7. The van der Waals surface area contributed by atoms with E-state index in [2.05, 4.69) is 10.6 Å². The van der Waals surface area contributed by atoms with Crippen molar-refractivity contribution in [1.29, 1.82) is 0 Å². The maximum Gasteiger partial charge on any atom is 0.322 e. The van der Waals surface area contributed by atoms with Crippen LogP contribution in [-0.2, 0) is 24.0 Å². The van der Waals surface area contributed by atoms with E-state index in [1.807, 2.05) is 0 Å². The van der Waals surface area contributed by atoms with Gasteiger partial charge in [-0.3, -0.25) is 19.2 Å². The van der Waals surface area contributed by atoms with Gasteiger partial charge in [0, 0.05) is 23.8 Å². The molecular weight excluding hydrogens is 354 g/mol. The van der Waals surface area contributed by atoms with Crippen molar-refractivity contribution in [3.05, 3.63) is 0 Å². The number of aldehydes is 1. The fourth-order valence-corrected chi connectivity index (χ4v) is 2.58. The molecule has 0 rings (SSSR count). The summed E-state index contributed by atoms with van der Waals surface area (Å²) in [6, 6.07) is -2.20. The van der Waals surface area contributed by atoms with E-state index >= 15 is 0 Å². The summed E-state index contributed by atoms with van der Waals surface area (Å²) in [5.41, 5.74) is 5.31. The highest BCUT2D eigenvalue weighted by atomic mass is 32.2. The number of carbonyl (C=O) groups is 5. The Labute approximate surface area is 148 Å². The summed E-state index contributed by atoms with van der Waals surface area (Å²) in [6.07, 6.45) is 0.725. The number of carboxylic acids is 2. The predicted molar refractivity (Wildman–Crippen MR) is 90.0 cm³/mol. The van der Waals surface area contributed by atoms with Crippen LogP contribution in [0.5, 0.6) is 0 Å². The van der Waals surface area contributed by atoms with Gasteiger partial charge in [0.25, 0.3) is 0 Å². The maximum atomic E-state index is 12.0. The first-order valence-electron chi connectivity index (χ1n) is 7.49. The second-order valence-corrected chi connectivity index (χ2v) is 6.73. The lowest BCUT2D eigenvalue weighted by molar-refractivity contribution is -0.139. The largest absolute Gasteiger partial charge is 0.480 e. The monoisotopic (exact) mass is 377 g/mol. The standard InChI is InChI=1S/C14H23N3O7S/c1-8(4-5-18)25-7-10(13(22)16-6-12(20)21)17-11(19)3-2-9(15)14(23)24/h5,8-10H,2-4,6-7,15H2,1H3,(H,16,22)(H,17,19)(H,20,21)(H,23,24)/t8?,9-,10-/m0/s1. The van der Waals surface area contributed by atoms with Crippen molar-refractivity contribution in [3.8, 4) is 0 Å². The number of carboxylic acid groups (broad SMARTS) is 2. The molecule has 25 heavy (non-hydrogen) atoms. The summed E-state index contributed by atoms with van der Waals surface area (Å²) in [5.74, 6) is -3.58. The molecule has 0 aromatic carbocycles. The van der Waals surface area contributed by atoms with Crippen LogP contribution < -0.4 is 16.4 Å². The van der Waals surface area contributed by atoms with E-state index in [-0.39, 0.29) is 30.3 Å². The van der Waals surface area contributed by atoms with Gasteiger partial charge >= 0.3 is 11.9 Å². The third kappa shape index (κ3) is 11.1. The molecule has 2 amide bonds. The van der Waals surface area contributed by atoms with E-state index in [9.17, 15) is 24.0 Å². The van der Waals surface area contributed by atoms with Gasteiger partial charge in [-0.25, -0.2) is 0 Å². The van der Waals surface area contributed by atoms with E-state index in [1.54, 1.807) is 6.92 Å². The first-order chi connectivity index (χ1) is 11.7. The molecule has 0 saturated heterocycles. The third-order valence-corrected chi connectivity index (χ3v) is 4.33. The molecule has 10 nitrogen and oxygen atoms in total. The van der Waals surface area contributed by atoms with Crippen LogP contribution >= 0.6 is 11.8 Å². The molecule has 0 heterocycles. The lowest BCUT2D eigenvalue weighted by Crippen LogP contribution is -2.49. The fourth-order valence-electron chi connectivity index (χ4n) is 1.61. The fraction of sp³-hybridized carbons (Fsp3) is 0.643. The zero-order chi connectivity index (χ0) is 19.4. The van der Waals surface area contributed by atoms with Gasteiger partial charge in [-0.1, -0.05) is 6.92 Å². The van der Waals surface area contributed by atoms with Crippen molar-refractivity contribution < 1.29 is 34.2 Å². The van der Waals surface area contributed by atoms with Gasteiger partial charge in [0.05, 0.1) is 0 Å². The van der Waals surface area contributed by atoms with Crippen molar-refractivity contribution in [2.24, 2.45) is 5.73 Å². The van der Waals surface area contributed by atoms with Crippen LogP contribution in [0.1, 0.15) is 26.2 Å². The molecule has 0 aromatic rings. The van der Waals surface area contributed by atoms with E-state index in [0.717, 1.165) is 6.29 Å². The number of carbonyl (C=O) groups excluding carboxylic acids is 3. The van der Waals surface area contributed by atoms with Gasteiger partial charge in [0.2, 0.25) is 11.8 Å². The quantitative estimate of drug-likeness (QED) is 0.241. The minimum atomic E-state index is -1.23. The number of aliphatic carboxylic acids is 2. The Morgan fingerprint density at radius 3 is 2.40 bits per heavy atom. The van der Waals surface area contributed by atoms with Gasteiger partial charge in [0.1, 0.15) is 24.9 Å². The van der Waals surface area contributed by atoms with Crippen molar-refractivity contribution in [1.82, 2.24) is 10.6 Å². The first-order valence-corrected chi connectivity index (χ1v) is 8.54. The van der Waals surface area contributed by atoms with E-state index in [1.165, 1.54) is 11.8 Å². The van der Waals surface area contributed by atoms with E-state index in [4.69, 9.17) is 15.9 Å². The summed E-state index contributed by atoms with van der Waals surface area (Å²) >= 11 is 1.27. The summed E-state index contributed by atoms with van der Waals surface area (Å²) < 4.78 is 0. The molecule has 3 atom stereocenters. The van der Waals surface area contributed by atoms with Crippen LogP contribution in [0.3, 0.4) is 0 Å². The molecule has 11 heteroatoms. The van der Waals surface area contributed by atoms with E-state index in [0.29, 0.717) is 0 Å². The number of nitrogens with one attached hydrogen (secondary N) is 2. The summed E-state index contributed by atoms with van der Waals surface area (Å²) in [5, 5.41) is 21.8. The molecule has 0 aliphatic carbocycles. The first kappa shape index (κ1) is 22.9. The molecule has 0 aromatic heterocycles. The Balaban J connectivity index is 4.66. The molecule has 6 N–H and O–H groups in total. The number of rotatable bonds is 13. The number of thioether (sulfide) groups is 1. The van der Waals surface area contributed by atoms with Gasteiger partial charge in [-0.2, -0.15) is 11.8 Å². The van der Waals surface area contributed by atoms with Crippen LogP contribution in [0.25, 0.3) is 0 Å². The van der Waals surface area contributed by atoms with Crippen molar-refractivity contribution in [3.63, 3.8) is 0 Å². The summed E-state index contributed by atoms with van der Waals surface area (Å²) in [4.78, 5) is 55.5. The number of nitrogens with two attached hydrogens (primary N) is 1. The highest BCUT2D eigenvalue weighted by Gasteiger charge is 2.23. The van der Waals surface area contributed by atoms with Gasteiger partial charge in [-0.15, -0.1) is 0 Å². The molecule has 0 aliphatic heterocycles. The Morgan fingerprint density at radius 1 is 1.24 bits per heavy atom. The topological polar surface area (TPSA) is 176 Å². The molecule has 0 fully saturated rings. The minimum Gasteiger partial charge on any atom is -0.480 e. The highest BCUT2D eigenvalue weighted by molar-refractivity contribution is 7.99. The second-order valence-electron chi connectivity index (χ2n) is 5.26. The predicted octanol–water partition coefficient (Wildman–Crippen LogP) is -1.43. The van der Waals surface area contributed by atoms with Crippen LogP contribution in [0.2, 0.25) is 0 Å². The smallest absolute Gasteiger partial charge is 0.322 e. The Morgan fingerprint density at radius 2 is 1.88 bits per heavy atom. The number of hydrogen-bond donors (Lipinski definition) is 5. The molecule has 0 aliphatic rings. The third-order valence-electron chi connectivity index (χ3n) is 3.04. The molecule has 1 unspecified atom stereocenters. The Hall–Kier alpha value is -2.14. The molecule has 0 saturated carbocycles. The molecule has 142 valence electrons. The van der Waals surface area contributed by atoms with Crippen molar-refractivity contribution in [2.75, 3.05) is 12.3 Å². The Kier molecular flexibility index (Phi) is 11.2. The maximum absolute atomic E-state index is 12.0. The van der Waals surface area contributed by atoms with Crippen LogP contribution in [-0.4, -0.2) is 69.9 Å². The molecule has 0 bridgehead atoms. The van der Waals surface area contributed by atoms with Crippen molar-refractivity contribution >= 4 is 41.8 Å². The highest BCUT2D eigenvalue weighted by Crippen LogP contribution is 2.14.